The Morgan fingerprint density at radius 2 is 2.31 bits per heavy atom. The van der Waals surface area contributed by atoms with Crippen LogP contribution in [0.1, 0.15) is 17.3 Å². The summed E-state index contributed by atoms with van der Waals surface area (Å²) in [7, 11) is 0. The molecule has 0 spiro atoms. The van der Waals surface area contributed by atoms with E-state index >= 15 is 0 Å². The molecule has 0 fully saturated rings. The van der Waals surface area contributed by atoms with Gasteiger partial charge in [-0.2, -0.15) is 0 Å². The van der Waals surface area contributed by atoms with E-state index in [-0.39, 0.29) is 17.2 Å². The van der Waals surface area contributed by atoms with Crippen LogP contribution in [0.25, 0.3) is 10.4 Å². The average Bonchev–Trinajstić information content (AvgIpc) is 2.08. The summed E-state index contributed by atoms with van der Waals surface area (Å²) >= 11 is 0. The van der Waals surface area contributed by atoms with Crippen molar-refractivity contribution < 1.29 is 9.90 Å². The van der Waals surface area contributed by atoms with Gasteiger partial charge in [-0.1, -0.05) is 5.11 Å². The van der Waals surface area contributed by atoms with E-state index in [1.54, 1.807) is 0 Å². The van der Waals surface area contributed by atoms with Crippen LogP contribution in [0.2, 0.25) is 0 Å². The molecular formula is C8H7N3O2. The molecule has 0 heterocycles. The average molecular weight is 177 g/mol. The molecule has 1 N–H and O–H groups in total. The number of ketones is 1. The predicted molar refractivity (Wildman–Crippen MR) is 46.9 cm³/mol. The summed E-state index contributed by atoms with van der Waals surface area (Å²) in [5.74, 6) is -0.280. The van der Waals surface area contributed by atoms with Gasteiger partial charge >= 0.3 is 0 Å². The second-order valence-corrected chi connectivity index (χ2v) is 2.45. The summed E-state index contributed by atoms with van der Waals surface area (Å²) in [6.45, 7) is 1.40. The van der Waals surface area contributed by atoms with Gasteiger partial charge in [0.05, 0.1) is 5.69 Å². The first kappa shape index (κ1) is 9.09. The molecule has 0 unspecified atom stereocenters. The molecule has 0 bridgehead atoms. The molecule has 0 aliphatic heterocycles. The third kappa shape index (κ3) is 1.98. The molecule has 0 atom stereocenters. The van der Waals surface area contributed by atoms with Crippen molar-refractivity contribution in [2.45, 2.75) is 6.92 Å². The summed E-state index contributed by atoms with van der Waals surface area (Å²) < 4.78 is 0. The van der Waals surface area contributed by atoms with Gasteiger partial charge in [-0.25, -0.2) is 0 Å². The summed E-state index contributed by atoms with van der Waals surface area (Å²) in [4.78, 5) is 13.4. The monoisotopic (exact) mass is 177 g/mol. The minimum Gasteiger partial charge on any atom is -0.507 e. The molecule has 66 valence electrons. The van der Waals surface area contributed by atoms with E-state index < -0.39 is 0 Å². The largest absolute Gasteiger partial charge is 0.507 e. The number of phenolic OH excluding ortho intramolecular Hbond substituents is 1. The van der Waals surface area contributed by atoms with Gasteiger partial charge in [-0.05, 0) is 30.7 Å². The summed E-state index contributed by atoms with van der Waals surface area (Å²) in [5.41, 5.74) is 8.60. The highest BCUT2D eigenvalue weighted by molar-refractivity contribution is 5.95. The molecule has 13 heavy (non-hydrogen) atoms. The standard InChI is InChI=1S/C8H7N3O2/c1-5(12)6-2-3-8(13)7(4-6)10-11-9/h2-4,13H,1H3. The number of aromatic hydroxyl groups is 1. The fraction of sp³-hybridized carbons (Fsp3) is 0.125. The van der Waals surface area contributed by atoms with Gasteiger partial charge < -0.3 is 5.11 Å². The molecule has 1 rings (SSSR count). The van der Waals surface area contributed by atoms with E-state index in [2.05, 4.69) is 10.0 Å². The van der Waals surface area contributed by atoms with Crippen molar-refractivity contribution >= 4 is 11.5 Å². The van der Waals surface area contributed by atoms with Crippen LogP contribution < -0.4 is 0 Å². The molecule has 0 saturated heterocycles. The number of hydrogen-bond acceptors (Lipinski definition) is 3. The first-order valence-electron chi connectivity index (χ1n) is 3.54. The smallest absolute Gasteiger partial charge is 0.159 e. The Morgan fingerprint density at radius 3 is 2.85 bits per heavy atom. The van der Waals surface area contributed by atoms with Gasteiger partial charge in [0.2, 0.25) is 0 Å². The molecule has 0 aliphatic carbocycles. The molecule has 1 aromatic carbocycles. The molecule has 0 aromatic heterocycles. The Bertz CT molecular complexity index is 394. The van der Waals surface area contributed by atoms with Crippen molar-refractivity contribution in [2.75, 3.05) is 0 Å². The van der Waals surface area contributed by atoms with E-state index in [1.807, 2.05) is 0 Å². The normalized spacial score (nSPS) is 9.00. The van der Waals surface area contributed by atoms with Gasteiger partial charge in [-0.15, -0.1) is 0 Å². The Morgan fingerprint density at radius 1 is 1.62 bits per heavy atom. The second-order valence-electron chi connectivity index (χ2n) is 2.45. The lowest BCUT2D eigenvalue weighted by Gasteiger charge is -1.99. The fourth-order valence-corrected chi connectivity index (χ4v) is 0.871. The predicted octanol–water partition coefficient (Wildman–Crippen LogP) is 2.54. The Hall–Kier alpha value is -2.00. The van der Waals surface area contributed by atoms with E-state index in [1.165, 1.54) is 25.1 Å². The summed E-state index contributed by atoms with van der Waals surface area (Å²) in [6.07, 6.45) is 0. The minimum atomic E-state index is -0.144. The molecule has 0 amide bonds. The van der Waals surface area contributed by atoms with Crippen LogP contribution in [0.3, 0.4) is 0 Å². The molecule has 1 aromatic rings. The SMILES string of the molecule is CC(=O)c1ccc(O)c(N=[N+]=[N-])c1. The van der Waals surface area contributed by atoms with Crippen LogP contribution in [-0.2, 0) is 0 Å². The zero-order valence-corrected chi connectivity index (χ0v) is 6.93. The highest BCUT2D eigenvalue weighted by atomic mass is 16.3. The van der Waals surface area contributed by atoms with Crippen molar-refractivity contribution in [3.63, 3.8) is 0 Å². The van der Waals surface area contributed by atoms with Gasteiger partial charge in [0, 0.05) is 10.5 Å². The van der Waals surface area contributed by atoms with Crippen LogP contribution in [0.5, 0.6) is 5.75 Å². The van der Waals surface area contributed by atoms with Crippen molar-refractivity contribution in [1.29, 1.82) is 0 Å². The van der Waals surface area contributed by atoms with Crippen LogP contribution >= 0.6 is 0 Å². The highest BCUT2D eigenvalue weighted by Crippen LogP contribution is 2.27. The lowest BCUT2D eigenvalue weighted by molar-refractivity contribution is 0.101. The third-order valence-corrected chi connectivity index (χ3v) is 1.53. The number of nitrogens with zero attached hydrogens (tertiary/aromatic N) is 3. The van der Waals surface area contributed by atoms with Crippen molar-refractivity contribution in [2.24, 2.45) is 5.11 Å². The van der Waals surface area contributed by atoms with E-state index in [0.717, 1.165) is 0 Å². The highest BCUT2D eigenvalue weighted by Gasteiger charge is 2.03. The van der Waals surface area contributed by atoms with Gasteiger partial charge in [0.15, 0.2) is 5.78 Å². The van der Waals surface area contributed by atoms with Crippen molar-refractivity contribution in [3.8, 4) is 5.75 Å². The topological polar surface area (TPSA) is 86.1 Å². The molecule has 0 aliphatic rings. The maximum Gasteiger partial charge on any atom is 0.159 e. The lowest BCUT2D eigenvalue weighted by atomic mass is 10.1. The van der Waals surface area contributed by atoms with E-state index in [4.69, 9.17) is 5.53 Å². The van der Waals surface area contributed by atoms with E-state index in [0.29, 0.717) is 5.56 Å². The summed E-state index contributed by atoms with van der Waals surface area (Å²) in [6, 6.07) is 4.13. The quantitative estimate of drug-likeness (QED) is 0.325. The fourth-order valence-electron chi connectivity index (χ4n) is 0.871. The minimum absolute atomic E-state index is 0.0650. The first-order valence-corrected chi connectivity index (χ1v) is 3.54. The number of hydrogen-bond donors (Lipinski definition) is 1. The lowest BCUT2D eigenvalue weighted by Crippen LogP contribution is -1.89. The van der Waals surface area contributed by atoms with Gasteiger partial charge in [-0.3, -0.25) is 4.79 Å². The Kier molecular flexibility index (Phi) is 2.52. The molecule has 0 radical (unpaired) electrons. The maximum absolute atomic E-state index is 10.9. The van der Waals surface area contributed by atoms with Crippen molar-refractivity contribution in [3.05, 3.63) is 34.2 Å². The van der Waals surface area contributed by atoms with Crippen molar-refractivity contribution in [1.82, 2.24) is 0 Å². The number of phenols is 1. The molecule has 5 nitrogen and oxygen atoms in total. The number of carbonyl (C=O) groups is 1. The second kappa shape index (κ2) is 3.60. The van der Waals surface area contributed by atoms with Gasteiger partial charge in [0.25, 0.3) is 0 Å². The molecular weight excluding hydrogens is 170 g/mol. The number of rotatable bonds is 2. The zero-order chi connectivity index (χ0) is 9.84. The number of benzene rings is 1. The zero-order valence-electron chi connectivity index (χ0n) is 6.93. The van der Waals surface area contributed by atoms with Crippen LogP contribution in [0.4, 0.5) is 5.69 Å². The first-order chi connectivity index (χ1) is 6.15. The van der Waals surface area contributed by atoms with Crippen LogP contribution in [0.15, 0.2) is 23.3 Å². The third-order valence-electron chi connectivity index (χ3n) is 1.53. The van der Waals surface area contributed by atoms with E-state index in [9.17, 15) is 9.90 Å². The Balaban J connectivity index is 3.26. The Labute approximate surface area is 74.3 Å². The number of azide groups is 1. The molecule has 5 heteroatoms. The maximum atomic E-state index is 10.9. The number of Topliss-reactive ketones (excluding diaryl/α,β-unsaturated/α-hetero) is 1. The number of carbonyl (C=O) groups excluding carboxylic acids is 1. The molecule has 0 saturated carbocycles. The van der Waals surface area contributed by atoms with Crippen LogP contribution in [0, 0.1) is 0 Å². The van der Waals surface area contributed by atoms with Gasteiger partial charge in [0.1, 0.15) is 5.75 Å². The van der Waals surface area contributed by atoms with Crippen LogP contribution in [-0.4, -0.2) is 10.9 Å². The summed E-state index contributed by atoms with van der Waals surface area (Å²) in [5, 5.41) is 12.4.